The summed E-state index contributed by atoms with van der Waals surface area (Å²) in [6.07, 6.45) is 0. The third kappa shape index (κ3) is 3.35. The fourth-order valence-electron chi connectivity index (χ4n) is 1.66. The van der Waals surface area contributed by atoms with Gasteiger partial charge in [0, 0.05) is 18.2 Å². The van der Waals surface area contributed by atoms with E-state index in [0.717, 1.165) is 12.1 Å². The Kier molecular flexibility index (Phi) is 4.18. The second-order valence-electron chi connectivity index (χ2n) is 4.17. The highest BCUT2D eigenvalue weighted by atomic mass is 35.5. The van der Waals surface area contributed by atoms with Crippen molar-refractivity contribution in [3.05, 3.63) is 62.9 Å². The van der Waals surface area contributed by atoms with Crippen LogP contribution in [0.15, 0.2) is 36.4 Å². The number of nitrogens with zero attached hydrogens (tertiary/aromatic N) is 1. The Morgan fingerprint density at radius 1 is 1.29 bits per heavy atom. The molecular formula is C14H9ClFNO4. The first kappa shape index (κ1) is 14.9. The van der Waals surface area contributed by atoms with Gasteiger partial charge in [0.05, 0.1) is 15.5 Å². The lowest BCUT2D eigenvalue weighted by Gasteiger charge is -2.09. The molecule has 7 heteroatoms. The highest BCUT2D eigenvalue weighted by Gasteiger charge is 2.16. The highest BCUT2D eigenvalue weighted by Crippen LogP contribution is 2.30. The van der Waals surface area contributed by atoms with Crippen LogP contribution in [0.1, 0.15) is 17.3 Å². The van der Waals surface area contributed by atoms with Crippen LogP contribution in [0, 0.1) is 15.9 Å². The zero-order chi connectivity index (χ0) is 15.6. The fraction of sp³-hybridized carbons (Fsp3) is 0.0714. The Bertz CT molecular complexity index is 733. The van der Waals surface area contributed by atoms with Crippen molar-refractivity contribution in [1.82, 2.24) is 0 Å². The summed E-state index contributed by atoms with van der Waals surface area (Å²) in [5.41, 5.74) is -0.186. The smallest absolute Gasteiger partial charge is 0.270 e. The molecular weight excluding hydrogens is 301 g/mol. The van der Waals surface area contributed by atoms with Gasteiger partial charge in [0.15, 0.2) is 5.78 Å². The van der Waals surface area contributed by atoms with Crippen LogP contribution < -0.4 is 4.74 Å². The molecule has 2 aromatic carbocycles. The molecule has 2 aromatic rings. The van der Waals surface area contributed by atoms with Crippen molar-refractivity contribution in [1.29, 1.82) is 0 Å². The molecule has 0 spiro atoms. The molecule has 0 aliphatic heterocycles. The van der Waals surface area contributed by atoms with Crippen molar-refractivity contribution in [2.75, 3.05) is 0 Å². The van der Waals surface area contributed by atoms with Crippen molar-refractivity contribution in [2.24, 2.45) is 0 Å². The molecule has 0 fully saturated rings. The van der Waals surface area contributed by atoms with Crippen LogP contribution >= 0.6 is 11.6 Å². The van der Waals surface area contributed by atoms with Gasteiger partial charge in [0.2, 0.25) is 0 Å². The van der Waals surface area contributed by atoms with Crippen LogP contribution in [0.2, 0.25) is 5.02 Å². The molecule has 0 aliphatic carbocycles. The average molecular weight is 310 g/mol. The maximum atomic E-state index is 13.3. The van der Waals surface area contributed by atoms with Crippen LogP contribution in [-0.4, -0.2) is 10.7 Å². The molecule has 0 aromatic heterocycles. The number of carbonyl (C=O) groups excluding carboxylic acids is 1. The topological polar surface area (TPSA) is 69.4 Å². The highest BCUT2D eigenvalue weighted by molar-refractivity contribution is 6.30. The number of hydrogen-bond donors (Lipinski definition) is 0. The van der Waals surface area contributed by atoms with Gasteiger partial charge >= 0.3 is 0 Å². The molecule has 108 valence electrons. The summed E-state index contributed by atoms with van der Waals surface area (Å²) in [7, 11) is 0. The van der Waals surface area contributed by atoms with E-state index in [1.165, 1.54) is 31.2 Å². The van der Waals surface area contributed by atoms with E-state index in [0.29, 0.717) is 0 Å². The Balaban J connectivity index is 2.41. The number of carbonyl (C=O) groups is 1. The quantitative estimate of drug-likeness (QED) is 0.477. The minimum absolute atomic E-state index is 0.0413. The summed E-state index contributed by atoms with van der Waals surface area (Å²) in [6, 6.07) is 7.41. The molecule has 0 radical (unpaired) electrons. The van der Waals surface area contributed by atoms with Crippen LogP contribution in [0.5, 0.6) is 11.5 Å². The van der Waals surface area contributed by atoms with Gasteiger partial charge in [-0.3, -0.25) is 14.9 Å². The number of ether oxygens (including phenoxy) is 1. The van der Waals surface area contributed by atoms with Crippen LogP contribution in [0.3, 0.4) is 0 Å². The monoisotopic (exact) mass is 309 g/mol. The first-order valence-electron chi connectivity index (χ1n) is 5.81. The Labute approximate surface area is 124 Å². The van der Waals surface area contributed by atoms with Gasteiger partial charge in [-0.25, -0.2) is 4.39 Å². The third-order valence-electron chi connectivity index (χ3n) is 2.67. The third-order valence-corrected chi connectivity index (χ3v) is 2.98. The second-order valence-corrected chi connectivity index (χ2v) is 4.58. The summed E-state index contributed by atoms with van der Waals surface area (Å²) in [6.45, 7) is 1.26. The van der Waals surface area contributed by atoms with E-state index >= 15 is 0 Å². The molecule has 0 aliphatic rings. The van der Waals surface area contributed by atoms with Crippen LogP contribution in [0.25, 0.3) is 0 Å². The molecule has 0 atom stereocenters. The predicted molar refractivity (Wildman–Crippen MR) is 74.6 cm³/mol. The summed E-state index contributed by atoms with van der Waals surface area (Å²) >= 11 is 5.56. The van der Waals surface area contributed by atoms with E-state index in [9.17, 15) is 19.3 Å². The number of benzene rings is 2. The summed E-state index contributed by atoms with van der Waals surface area (Å²) in [5.74, 6) is -0.827. The maximum Gasteiger partial charge on any atom is 0.270 e. The van der Waals surface area contributed by atoms with Crippen molar-refractivity contribution in [3.63, 3.8) is 0 Å². The Morgan fingerprint density at radius 2 is 2.00 bits per heavy atom. The number of ketones is 1. The Morgan fingerprint density at radius 3 is 2.57 bits per heavy atom. The number of nitro groups is 1. The largest absolute Gasteiger partial charge is 0.456 e. The van der Waals surface area contributed by atoms with Gasteiger partial charge in [-0.1, -0.05) is 11.6 Å². The number of Topliss-reactive ketones (excluding diaryl/α,β-unsaturated/α-hetero) is 1. The minimum atomic E-state index is -0.666. The first-order chi connectivity index (χ1) is 9.88. The van der Waals surface area contributed by atoms with Crippen molar-refractivity contribution in [3.8, 4) is 11.5 Å². The number of rotatable bonds is 4. The van der Waals surface area contributed by atoms with Crippen molar-refractivity contribution < 1.29 is 18.8 Å². The predicted octanol–water partition coefficient (Wildman–Crippen LogP) is 4.38. The standard InChI is InChI=1S/C14H9ClFNO4/c1-8(18)11-6-9(17(19)20)2-5-14(11)21-10-3-4-12(15)13(16)7-10/h2-7H,1H3. The molecule has 5 nitrogen and oxygen atoms in total. The molecule has 0 saturated carbocycles. The number of hydrogen-bond acceptors (Lipinski definition) is 4. The minimum Gasteiger partial charge on any atom is -0.456 e. The normalized spacial score (nSPS) is 10.2. The molecule has 0 bridgehead atoms. The first-order valence-corrected chi connectivity index (χ1v) is 6.18. The fourth-order valence-corrected chi connectivity index (χ4v) is 1.78. The lowest BCUT2D eigenvalue weighted by atomic mass is 10.1. The van der Waals surface area contributed by atoms with Gasteiger partial charge in [-0.15, -0.1) is 0 Å². The molecule has 21 heavy (non-hydrogen) atoms. The van der Waals surface area contributed by atoms with E-state index in [1.54, 1.807) is 0 Å². The van der Waals surface area contributed by atoms with E-state index in [4.69, 9.17) is 16.3 Å². The summed E-state index contributed by atoms with van der Waals surface area (Å²) in [4.78, 5) is 21.7. The summed E-state index contributed by atoms with van der Waals surface area (Å²) in [5, 5.41) is 10.7. The van der Waals surface area contributed by atoms with Crippen molar-refractivity contribution >= 4 is 23.1 Å². The van der Waals surface area contributed by atoms with Gasteiger partial charge in [-0.05, 0) is 25.1 Å². The van der Waals surface area contributed by atoms with E-state index < -0.39 is 16.5 Å². The van der Waals surface area contributed by atoms with Gasteiger partial charge in [-0.2, -0.15) is 0 Å². The zero-order valence-corrected chi connectivity index (χ0v) is 11.6. The lowest BCUT2D eigenvalue weighted by Crippen LogP contribution is -1.99. The Hall–Kier alpha value is -2.47. The van der Waals surface area contributed by atoms with E-state index in [-0.39, 0.29) is 27.8 Å². The van der Waals surface area contributed by atoms with Crippen LogP contribution in [-0.2, 0) is 0 Å². The molecule has 0 saturated heterocycles. The number of non-ortho nitro benzene ring substituents is 1. The van der Waals surface area contributed by atoms with Crippen LogP contribution in [0.4, 0.5) is 10.1 Å². The van der Waals surface area contributed by atoms with E-state index in [2.05, 4.69) is 0 Å². The van der Waals surface area contributed by atoms with E-state index in [1.807, 2.05) is 0 Å². The molecule has 0 unspecified atom stereocenters. The van der Waals surface area contributed by atoms with Gasteiger partial charge in [0.25, 0.3) is 5.69 Å². The zero-order valence-electron chi connectivity index (χ0n) is 10.8. The number of nitro benzene ring substituents is 1. The molecule has 0 N–H and O–H groups in total. The maximum absolute atomic E-state index is 13.3. The van der Waals surface area contributed by atoms with Gasteiger partial charge in [0.1, 0.15) is 17.3 Å². The second kappa shape index (κ2) is 5.88. The van der Waals surface area contributed by atoms with Gasteiger partial charge < -0.3 is 4.74 Å². The average Bonchev–Trinajstić information content (AvgIpc) is 2.43. The summed E-state index contributed by atoms with van der Waals surface area (Å²) < 4.78 is 18.7. The lowest BCUT2D eigenvalue weighted by molar-refractivity contribution is -0.384. The SMILES string of the molecule is CC(=O)c1cc([N+](=O)[O-])ccc1Oc1ccc(Cl)c(F)c1. The molecule has 2 rings (SSSR count). The molecule has 0 amide bonds. The number of halogens is 2. The molecule has 0 heterocycles. The van der Waals surface area contributed by atoms with Crippen molar-refractivity contribution in [2.45, 2.75) is 6.92 Å².